The summed E-state index contributed by atoms with van der Waals surface area (Å²) >= 11 is 0. The molecule has 0 radical (unpaired) electrons. The Morgan fingerprint density at radius 2 is 1.74 bits per heavy atom. The number of ether oxygens (including phenoxy) is 4. The molecule has 2 aromatic rings. The summed E-state index contributed by atoms with van der Waals surface area (Å²) in [6, 6.07) is 0.711. The Bertz CT molecular complexity index is 2080. The number of carbonyl (C=O) groups excluding carboxylic acids is 5. The van der Waals surface area contributed by atoms with Gasteiger partial charge in [-0.05, 0) is 19.9 Å². The SMILES string of the molecule is COC(=O)c1c(C)c([N+](=O)[O-])c2c(c1O)[C@]1(O)C(=O)c3cc4c(c(O)c3C(=O)[C@]1(OC)[C@H](O)C2)C(=O)C=C(N[C@H]1O[C@@H](C)[C@H](OC)[C@@H](O)[C@H]1CO)C4=O. The molecule has 282 valence electrons. The number of allylic oxidation sites excluding steroid dienone is 2. The summed E-state index contributed by atoms with van der Waals surface area (Å²) in [5.41, 5.74) is -14.4. The number of ketones is 4. The maximum Gasteiger partial charge on any atom is 0.342 e. The molecule has 1 heterocycles. The number of phenolic OH excluding ortho intramolecular Hbond substituents is 2. The van der Waals surface area contributed by atoms with Crippen molar-refractivity contribution in [2.75, 3.05) is 27.9 Å². The number of rotatable bonds is 7. The normalized spacial score (nSPS) is 30.5. The molecule has 8 atom stereocenters. The number of aliphatic hydroxyl groups is 4. The van der Waals surface area contributed by atoms with Crippen LogP contribution in [0.25, 0.3) is 0 Å². The molecule has 0 amide bonds. The van der Waals surface area contributed by atoms with Crippen molar-refractivity contribution >= 4 is 34.8 Å². The van der Waals surface area contributed by atoms with E-state index in [1.54, 1.807) is 6.92 Å². The fraction of sp³-hybridized carbons (Fsp3) is 0.441. The molecule has 0 bridgehead atoms. The van der Waals surface area contributed by atoms with Crippen LogP contribution in [0.3, 0.4) is 0 Å². The van der Waals surface area contributed by atoms with E-state index in [1.165, 1.54) is 7.11 Å². The molecule has 19 nitrogen and oxygen atoms in total. The van der Waals surface area contributed by atoms with Gasteiger partial charge in [0.1, 0.15) is 29.4 Å². The van der Waals surface area contributed by atoms with Crippen molar-refractivity contribution in [2.45, 2.75) is 62.1 Å². The Balaban J connectivity index is 1.56. The number of hydrogen-bond acceptors (Lipinski definition) is 18. The lowest BCUT2D eigenvalue weighted by atomic mass is 9.56. The third-order valence-electron chi connectivity index (χ3n) is 10.7. The molecule has 1 aliphatic heterocycles. The monoisotopic (exact) mass is 742 g/mol. The number of nitro groups is 1. The van der Waals surface area contributed by atoms with Crippen molar-refractivity contribution in [2.24, 2.45) is 5.92 Å². The maximum absolute atomic E-state index is 14.7. The number of methoxy groups -OCH3 is 3. The van der Waals surface area contributed by atoms with Gasteiger partial charge < -0.3 is 54.9 Å². The average Bonchev–Trinajstić information content (AvgIpc) is 3.09. The predicted molar refractivity (Wildman–Crippen MR) is 173 cm³/mol. The number of fused-ring (bicyclic) bond motifs is 5. The highest BCUT2D eigenvalue weighted by Gasteiger charge is 2.73. The molecule has 0 unspecified atom stereocenters. The lowest BCUT2D eigenvalue weighted by Gasteiger charge is -2.52. The van der Waals surface area contributed by atoms with Crippen LogP contribution in [0.2, 0.25) is 0 Å². The summed E-state index contributed by atoms with van der Waals surface area (Å²) in [6.45, 7) is 1.97. The van der Waals surface area contributed by atoms with E-state index in [4.69, 9.17) is 14.2 Å². The minimum Gasteiger partial charge on any atom is -0.507 e. The number of esters is 1. The Morgan fingerprint density at radius 3 is 2.30 bits per heavy atom. The van der Waals surface area contributed by atoms with E-state index in [2.05, 4.69) is 10.1 Å². The van der Waals surface area contributed by atoms with Crippen LogP contribution >= 0.6 is 0 Å². The van der Waals surface area contributed by atoms with Gasteiger partial charge in [0.15, 0.2) is 17.0 Å². The predicted octanol–water partition coefficient (Wildman–Crippen LogP) is -0.748. The fourth-order valence-corrected chi connectivity index (χ4v) is 8.18. The molecule has 1 saturated heterocycles. The van der Waals surface area contributed by atoms with Gasteiger partial charge in [-0.1, -0.05) is 0 Å². The smallest absolute Gasteiger partial charge is 0.342 e. The number of benzene rings is 2. The van der Waals surface area contributed by atoms with Gasteiger partial charge in [-0.15, -0.1) is 0 Å². The highest BCUT2D eigenvalue weighted by atomic mass is 16.6. The van der Waals surface area contributed by atoms with Crippen molar-refractivity contribution in [3.05, 3.63) is 72.5 Å². The lowest BCUT2D eigenvalue weighted by molar-refractivity contribution is -0.386. The molecule has 0 spiro atoms. The Labute approximate surface area is 298 Å². The largest absolute Gasteiger partial charge is 0.507 e. The van der Waals surface area contributed by atoms with Gasteiger partial charge in [-0.3, -0.25) is 29.3 Å². The summed E-state index contributed by atoms with van der Waals surface area (Å²) in [5, 5.41) is 82.8. The van der Waals surface area contributed by atoms with Crippen LogP contribution in [0.5, 0.6) is 11.5 Å². The lowest BCUT2D eigenvalue weighted by Crippen LogP contribution is -2.73. The van der Waals surface area contributed by atoms with Crippen LogP contribution in [0.1, 0.15) is 75.4 Å². The molecular weight excluding hydrogens is 708 g/mol. The first-order chi connectivity index (χ1) is 24.9. The Kier molecular flexibility index (Phi) is 9.05. The molecule has 4 aliphatic rings. The number of nitrogens with one attached hydrogen (secondary N) is 1. The van der Waals surface area contributed by atoms with Crippen LogP contribution in [0, 0.1) is 23.0 Å². The van der Waals surface area contributed by atoms with Crippen molar-refractivity contribution in [1.82, 2.24) is 5.32 Å². The van der Waals surface area contributed by atoms with Crippen LogP contribution in [0.15, 0.2) is 17.8 Å². The molecule has 7 N–H and O–H groups in total. The minimum absolute atomic E-state index is 0.457. The van der Waals surface area contributed by atoms with E-state index in [0.29, 0.717) is 6.07 Å². The van der Waals surface area contributed by atoms with E-state index < -0.39 is 162 Å². The summed E-state index contributed by atoms with van der Waals surface area (Å²) in [4.78, 5) is 80.8. The number of nitro benzene ring substituents is 1. The molecule has 2 aromatic carbocycles. The van der Waals surface area contributed by atoms with Crippen molar-refractivity contribution in [3.63, 3.8) is 0 Å². The van der Waals surface area contributed by atoms with Gasteiger partial charge in [-0.25, -0.2) is 4.79 Å². The first kappa shape index (κ1) is 37.6. The van der Waals surface area contributed by atoms with Crippen molar-refractivity contribution in [3.8, 4) is 11.5 Å². The highest BCUT2D eigenvalue weighted by molar-refractivity contribution is 6.31. The number of nitrogens with zero attached hydrogens (tertiary/aromatic N) is 1. The summed E-state index contributed by atoms with van der Waals surface area (Å²) in [5.74, 6) is -10.1. The summed E-state index contributed by atoms with van der Waals surface area (Å²) in [6.07, 6.45) is -6.63. The average molecular weight is 743 g/mol. The zero-order valence-electron chi connectivity index (χ0n) is 28.7. The topological polar surface area (TPSA) is 299 Å². The molecular formula is C34H34N2O17. The van der Waals surface area contributed by atoms with Gasteiger partial charge in [-0.2, -0.15) is 0 Å². The van der Waals surface area contributed by atoms with Crippen LogP contribution in [0.4, 0.5) is 5.69 Å². The zero-order chi connectivity index (χ0) is 39.2. The zero-order valence-corrected chi connectivity index (χ0v) is 28.7. The number of phenols is 2. The van der Waals surface area contributed by atoms with Crippen molar-refractivity contribution in [1.29, 1.82) is 0 Å². The second-order valence-corrected chi connectivity index (χ2v) is 13.1. The van der Waals surface area contributed by atoms with Crippen LogP contribution in [-0.2, 0) is 31.0 Å². The van der Waals surface area contributed by atoms with Gasteiger partial charge in [0.2, 0.25) is 17.3 Å². The first-order valence-electron chi connectivity index (χ1n) is 16.0. The molecule has 19 heteroatoms. The quantitative estimate of drug-likeness (QED) is 0.104. The molecule has 0 aromatic heterocycles. The Hall–Kier alpha value is -5.15. The second kappa shape index (κ2) is 12.8. The molecule has 53 heavy (non-hydrogen) atoms. The molecule has 1 fully saturated rings. The summed E-state index contributed by atoms with van der Waals surface area (Å²) in [7, 11) is 3.00. The second-order valence-electron chi connectivity index (χ2n) is 13.1. The van der Waals surface area contributed by atoms with Crippen LogP contribution < -0.4 is 5.32 Å². The standard InChI is InChI=1S/C34H34N2O17/c1-10-19(32(46)51-4)27(43)22-14(23(10)36(48)49)7-18(39)34(52-5)30(45)21-13(29(44)33(22,34)47)6-12-20(26(21)42)17(38)8-16(24(12)40)35-31-15(9-37)25(41)28(50-3)11(2)53-31/h6,8,11,15,18,25,28,31,35,37,39,41-43,47H,7,9H2,1-5H3/t11-,15+,18+,25-,28-,31-,33-,34+/m0/s1. The number of aromatic hydroxyl groups is 2. The third-order valence-corrected chi connectivity index (χ3v) is 10.7. The van der Waals surface area contributed by atoms with Crippen LogP contribution in [-0.4, -0.2) is 129 Å². The maximum atomic E-state index is 14.7. The minimum atomic E-state index is -3.57. The van der Waals surface area contributed by atoms with Gasteiger partial charge in [0, 0.05) is 54.5 Å². The summed E-state index contributed by atoms with van der Waals surface area (Å²) < 4.78 is 21.1. The fourth-order valence-electron chi connectivity index (χ4n) is 8.18. The molecule has 0 saturated carbocycles. The van der Waals surface area contributed by atoms with Gasteiger partial charge in [0.25, 0.3) is 5.69 Å². The van der Waals surface area contributed by atoms with E-state index in [-0.39, 0.29) is 0 Å². The number of carbonyl (C=O) groups is 5. The highest BCUT2D eigenvalue weighted by Crippen LogP contribution is 2.58. The van der Waals surface area contributed by atoms with E-state index >= 15 is 0 Å². The third kappa shape index (κ3) is 4.75. The van der Waals surface area contributed by atoms with Gasteiger partial charge >= 0.3 is 5.97 Å². The van der Waals surface area contributed by atoms with Gasteiger partial charge in [0.05, 0.1) is 59.7 Å². The molecule has 3 aliphatic carbocycles. The van der Waals surface area contributed by atoms with E-state index in [0.717, 1.165) is 27.2 Å². The molecule has 6 rings (SSSR count). The number of Topliss-reactive ketones (excluding diaryl/α,β-unsaturated/α-hetero) is 3. The first-order valence-corrected chi connectivity index (χ1v) is 16.0. The van der Waals surface area contributed by atoms with E-state index in [9.17, 15) is 64.7 Å². The van der Waals surface area contributed by atoms with Crippen molar-refractivity contribution < 1.29 is 78.5 Å². The number of hydrogen-bond donors (Lipinski definition) is 7. The van der Waals surface area contributed by atoms with E-state index in [1.807, 2.05) is 0 Å². The number of aliphatic hydroxyl groups excluding tert-OH is 3. The Morgan fingerprint density at radius 1 is 1.08 bits per heavy atom.